The highest BCUT2D eigenvalue weighted by atomic mass is 32.2. The summed E-state index contributed by atoms with van der Waals surface area (Å²) in [5.74, 6) is 1.26. The van der Waals surface area contributed by atoms with Gasteiger partial charge in [-0.3, -0.25) is 4.68 Å². The van der Waals surface area contributed by atoms with Crippen molar-refractivity contribution in [1.29, 1.82) is 0 Å². The minimum atomic E-state index is -4.74. The first kappa shape index (κ1) is 25.3. The van der Waals surface area contributed by atoms with Gasteiger partial charge < -0.3 is 14.2 Å². The van der Waals surface area contributed by atoms with Gasteiger partial charge in [0.2, 0.25) is 5.82 Å². The van der Waals surface area contributed by atoms with Crippen LogP contribution in [-0.4, -0.2) is 56.6 Å². The van der Waals surface area contributed by atoms with E-state index in [4.69, 9.17) is 4.52 Å². The lowest BCUT2D eigenvalue weighted by Gasteiger charge is -2.13. The zero-order valence-electron chi connectivity index (χ0n) is 20.2. The lowest BCUT2D eigenvalue weighted by molar-refractivity contribution is -0.274. The van der Waals surface area contributed by atoms with E-state index < -0.39 is 6.36 Å². The summed E-state index contributed by atoms with van der Waals surface area (Å²) in [6.45, 7) is 6.14. The second kappa shape index (κ2) is 11.0. The number of aryl methyl sites for hydroxylation is 1. The van der Waals surface area contributed by atoms with E-state index in [0.29, 0.717) is 17.8 Å². The highest BCUT2D eigenvalue weighted by Gasteiger charge is 2.31. The third kappa shape index (κ3) is 6.72. The average molecular weight is 530 g/mol. The molecule has 2 aromatic carbocycles. The van der Waals surface area contributed by atoms with E-state index in [9.17, 15) is 13.2 Å². The Balaban J connectivity index is 1.20. The van der Waals surface area contributed by atoms with Gasteiger partial charge in [-0.25, -0.2) is 0 Å². The van der Waals surface area contributed by atoms with E-state index in [0.717, 1.165) is 23.6 Å². The first-order valence-corrected chi connectivity index (χ1v) is 13.0. The van der Waals surface area contributed by atoms with Crippen LogP contribution in [0.25, 0.3) is 23.0 Å². The van der Waals surface area contributed by atoms with Gasteiger partial charge in [0.05, 0.1) is 6.54 Å². The summed E-state index contributed by atoms with van der Waals surface area (Å²) in [7, 11) is 0. The van der Waals surface area contributed by atoms with Crippen molar-refractivity contribution in [2.24, 2.45) is 0 Å². The van der Waals surface area contributed by atoms with E-state index in [1.807, 2.05) is 29.4 Å². The zero-order chi connectivity index (χ0) is 25.8. The Labute approximate surface area is 216 Å². The number of nitrogens with zero attached hydrogens (tertiary/aromatic N) is 5. The maximum atomic E-state index is 12.4. The van der Waals surface area contributed by atoms with E-state index in [2.05, 4.69) is 49.1 Å². The molecule has 3 heterocycles. The molecule has 0 saturated carbocycles. The summed E-state index contributed by atoms with van der Waals surface area (Å²) >= 11 is 1.88. The number of likely N-dealkylation sites (tertiary alicyclic amines) is 1. The number of aromatic nitrogens is 4. The Morgan fingerprint density at radius 1 is 1.03 bits per heavy atom. The smallest absolute Gasteiger partial charge is 0.406 e. The van der Waals surface area contributed by atoms with E-state index in [-0.39, 0.29) is 17.5 Å². The molecule has 1 aliphatic heterocycles. The first-order chi connectivity index (χ1) is 17.8. The van der Waals surface area contributed by atoms with Gasteiger partial charge in [-0.1, -0.05) is 17.3 Å². The molecule has 0 N–H and O–H groups in total. The molecule has 0 spiro atoms. The van der Waals surface area contributed by atoms with Crippen LogP contribution in [0, 0.1) is 6.92 Å². The fourth-order valence-corrected chi connectivity index (χ4v) is 5.10. The highest BCUT2D eigenvalue weighted by molar-refractivity contribution is 7.99. The second-order valence-corrected chi connectivity index (χ2v) is 10.0. The molecule has 1 aliphatic rings. The molecular formula is C26H26F3N5O2S. The van der Waals surface area contributed by atoms with Crippen LogP contribution in [0.2, 0.25) is 0 Å². The number of hydrogen-bond donors (Lipinski definition) is 0. The lowest BCUT2D eigenvalue weighted by Crippen LogP contribution is -2.21. The van der Waals surface area contributed by atoms with Gasteiger partial charge in [0.15, 0.2) is 5.69 Å². The minimum absolute atomic E-state index is 0.234. The molecule has 194 valence electrons. The van der Waals surface area contributed by atoms with Gasteiger partial charge in [0.1, 0.15) is 5.75 Å². The van der Waals surface area contributed by atoms with Crippen molar-refractivity contribution in [3.63, 3.8) is 0 Å². The second-order valence-electron chi connectivity index (χ2n) is 8.87. The van der Waals surface area contributed by atoms with E-state index in [1.54, 1.807) is 0 Å². The number of thioether (sulfide) groups is 1. The monoisotopic (exact) mass is 529 g/mol. The molecule has 2 aromatic heterocycles. The van der Waals surface area contributed by atoms with E-state index in [1.165, 1.54) is 55.1 Å². The summed E-state index contributed by atoms with van der Waals surface area (Å²) in [5, 5.41) is 8.56. The molecule has 0 atom stereocenters. The maximum absolute atomic E-state index is 12.4. The van der Waals surface area contributed by atoms with Crippen molar-refractivity contribution >= 4 is 11.8 Å². The normalized spacial score (nSPS) is 14.4. The Kier molecular flexibility index (Phi) is 7.52. The van der Waals surface area contributed by atoms with Crippen molar-refractivity contribution in [1.82, 2.24) is 24.8 Å². The Hall–Kier alpha value is -3.31. The molecule has 0 bridgehead atoms. The number of halogens is 3. The predicted molar refractivity (Wildman–Crippen MR) is 134 cm³/mol. The molecule has 0 radical (unpaired) electrons. The molecule has 1 saturated heterocycles. The number of ether oxygens (including phenoxy) is 1. The van der Waals surface area contributed by atoms with Crippen LogP contribution in [-0.2, 0) is 6.54 Å². The van der Waals surface area contributed by atoms with Crippen LogP contribution in [0.4, 0.5) is 13.2 Å². The van der Waals surface area contributed by atoms with Crippen molar-refractivity contribution in [3.05, 3.63) is 65.9 Å². The van der Waals surface area contributed by atoms with Crippen LogP contribution < -0.4 is 4.74 Å². The standard InChI is InChI=1S/C26H26F3N5O2S/c1-18-16-23(25-30-24(32-36-25)20-6-8-21(9-7-20)35-26(27,28)29)31-34(18)17-19-4-10-22(11-5-19)37-15-14-33-12-2-3-13-33/h4-11,16H,2-3,12-15,17H2,1H3. The fourth-order valence-electron chi connectivity index (χ4n) is 4.19. The fraction of sp³-hybridized carbons (Fsp3) is 0.346. The van der Waals surface area contributed by atoms with Gasteiger partial charge >= 0.3 is 6.36 Å². The van der Waals surface area contributed by atoms with Crippen molar-refractivity contribution in [2.75, 3.05) is 25.4 Å². The van der Waals surface area contributed by atoms with Gasteiger partial charge in [-0.05, 0) is 80.9 Å². The van der Waals surface area contributed by atoms with Crippen LogP contribution >= 0.6 is 11.8 Å². The number of hydrogen-bond acceptors (Lipinski definition) is 7. The van der Waals surface area contributed by atoms with Crippen molar-refractivity contribution in [3.8, 4) is 28.7 Å². The van der Waals surface area contributed by atoms with Gasteiger partial charge in [0, 0.05) is 28.5 Å². The highest BCUT2D eigenvalue weighted by Crippen LogP contribution is 2.27. The summed E-state index contributed by atoms with van der Waals surface area (Å²) in [5.41, 5.74) is 3.10. The lowest BCUT2D eigenvalue weighted by atomic mass is 10.2. The van der Waals surface area contributed by atoms with Crippen LogP contribution in [0.5, 0.6) is 5.75 Å². The topological polar surface area (TPSA) is 69.2 Å². The Bertz CT molecular complexity index is 1310. The molecule has 37 heavy (non-hydrogen) atoms. The number of alkyl halides is 3. The van der Waals surface area contributed by atoms with Crippen molar-refractivity contribution < 1.29 is 22.4 Å². The summed E-state index contributed by atoms with van der Waals surface area (Å²) in [6.07, 6.45) is -2.11. The number of rotatable bonds is 9. The molecule has 0 aliphatic carbocycles. The molecule has 11 heteroatoms. The molecular weight excluding hydrogens is 503 g/mol. The predicted octanol–water partition coefficient (Wildman–Crippen LogP) is 6.04. The molecule has 4 aromatic rings. The first-order valence-electron chi connectivity index (χ1n) is 12.0. The Morgan fingerprint density at radius 2 is 1.76 bits per heavy atom. The van der Waals surface area contributed by atoms with Gasteiger partial charge in [-0.15, -0.1) is 24.9 Å². The Morgan fingerprint density at radius 3 is 2.46 bits per heavy atom. The quantitative estimate of drug-likeness (QED) is 0.245. The minimum Gasteiger partial charge on any atom is -0.406 e. The zero-order valence-corrected chi connectivity index (χ0v) is 21.1. The maximum Gasteiger partial charge on any atom is 0.573 e. The van der Waals surface area contributed by atoms with Crippen LogP contribution in [0.3, 0.4) is 0 Å². The summed E-state index contributed by atoms with van der Waals surface area (Å²) in [6, 6.07) is 15.7. The molecule has 1 fully saturated rings. The number of benzene rings is 2. The van der Waals surface area contributed by atoms with Gasteiger partial charge in [-0.2, -0.15) is 10.1 Å². The molecule has 0 amide bonds. The van der Waals surface area contributed by atoms with E-state index >= 15 is 0 Å². The molecule has 5 rings (SSSR count). The average Bonchev–Trinajstić information content (AvgIpc) is 3.62. The third-order valence-corrected chi connectivity index (χ3v) is 7.10. The summed E-state index contributed by atoms with van der Waals surface area (Å²) < 4.78 is 48.2. The van der Waals surface area contributed by atoms with Crippen LogP contribution in [0.1, 0.15) is 24.1 Å². The van der Waals surface area contributed by atoms with Crippen LogP contribution in [0.15, 0.2) is 64.0 Å². The van der Waals surface area contributed by atoms with Crippen molar-refractivity contribution in [2.45, 2.75) is 37.6 Å². The summed E-state index contributed by atoms with van der Waals surface area (Å²) in [4.78, 5) is 8.15. The molecule has 0 unspecified atom stereocenters. The SMILES string of the molecule is Cc1cc(-c2nc(-c3ccc(OC(F)(F)F)cc3)no2)nn1Cc1ccc(SCCN2CCCC2)cc1. The molecule has 7 nitrogen and oxygen atoms in total. The largest absolute Gasteiger partial charge is 0.573 e. The van der Waals surface area contributed by atoms with Gasteiger partial charge in [0.25, 0.3) is 5.89 Å². The third-order valence-electron chi connectivity index (χ3n) is 6.10.